The molecule has 0 rings (SSSR count). The first-order chi connectivity index (χ1) is 8.42. The Kier molecular flexibility index (Phi) is 7.46. The molecule has 0 spiro atoms. The summed E-state index contributed by atoms with van der Waals surface area (Å²) in [6.07, 6.45) is 2.99. The van der Waals surface area contributed by atoms with E-state index >= 15 is 0 Å². The third kappa shape index (κ3) is 6.05. The number of rotatable bonds is 8. The molecule has 6 heteroatoms. The third-order valence-corrected chi connectivity index (χ3v) is 1.96. The average molecular weight is 251 g/mol. The first-order valence-electron chi connectivity index (χ1n) is 5.36. The van der Waals surface area contributed by atoms with Crippen LogP contribution < -0.4 is 0 Å². The lowest BCUT2D eigenvalue weighted by Gasteiger charge is -2.10. The first kappa shape index (κ1) is 16.2. The van der Waals surface area contributed by atoms with Crippen molar-refractivity contribution in [2.45, 2.75) is 20.8 Å². The van der Waals surface area contributed by atoms with E-state index in [-0.39, 0.29) is 12.4 Å². The molecule has 0 fully saturated rings. The fraction of sp³-hybridized carbons (Fsp3) is 0.333. The molecule has 0 amide bonds. The molecule has 0 atom stereocenters. The summed E-state index contributed by atoms with van der Waals surface area (Å²) in [7, 11) is -1.23. The number of nitrogens with zero attached hydrogens (tertiary/aromatic N) is 1. The van der Waals surface area contributed by atoms with Crippen molar-refractivity contribution >= 4 is 19.6 Å². The second kappa shape index (κ2) is 8.30. The van der Waals surface area contributed by atoms with Gasteiger partial charge in [-0.15, -0.1) is 5.16 Å². The van der Waals surface area contributed by atoms with Crippen LogP contribution in [0.5, 0.6) is 0 Å². The van der Waals surface area contributed by atoms with Gasteiger partial charge >= 0.3 is 7.12 Å². The Bertz CT molecular complexity index is 384. The maximum atomic E-state index is 10.8. The molecule has 0 aromatic rings. The number of allylic oxidation sites excluding steroid dienone is 4. The van der Waals surface area contributed by atoms with Crippen molar-refractivity contribution in [3.05, 3.63) is 35.5 Å². The smallest absolute Gasteiger partial charge is 0.486 e. The molecule has 1 N–H and O–H groups in total. The topological polar surface area (TPSA) is 68.1 Å². The molecule has 0 bridgehead atoms. The van der Waals surface area contributed by atoms with Gasteiger partial charge in [0.1, 0.15) is 12.4 Å². The number of ether oxygens (including phenoxy) is 1. The fourth-order valence-corrected chi connectivity index (χ4v) is 1.09. The number of oxime groups is 1. The molecule has 0 aliphatic rings. The molecule has 98 valence electrons. The van der Waals surface area contributed by atoms with Gasteiger partial charge in [-0.1, -0.05) is 12.2 Å². The van der Waals surface area contributed by atoms with Crippen LogP contribution in [0, 0.1) is 0 Å². The molecular weight excluding hydrogens is 233 g/mol. The lowest BCUT2D eigenvalue weighted by molar-refractivity contribution is -0.120. The van der Waals surface area contributed by atoms with Crippen molar-refractivity contribution in [3.8, 4) is 0 Å². The third-order valence-electron chi connectivity index (χ3n) is 1.96. The van der Waals surface area contributed by atoms with Crippen LogP contribution in [0.3, 0.4) is 0 Å². The predicted octanol–water partition coefficient (Wildman–Crippen LogP) is 1.65. The van der Waals surface area contributed by atoms with E-state index in [2.05, 4.69) is 23.2 Å². The van der Waals surface area contributed by atoms with Crippen LogP contribution in [0.1, 0.15) is 20.8 Å². The highest BCUT2D eigenvalue weighted by Gasteiger charge is 2.21. The molecule has 18 heavy (non-hydrogen) atoms. The van der Waals surface area contributed by atoms with Gasteiger partial charge in [-0.05, 0) is 32.9 Å². The number of hydrogen-bond donors (Lipinski definition) is 1. The van der Waals surface area contributed by atoms with Crippen LogP contribution in [0.25, 0.3) is 0 Å². The van der Waals surface area contributed by atoms with E-state index in [0.717, 1.165) is 5.57 Å². The molecule has 0 saturated heterocycles. The highest BCUT2D eigenvalue weighted by Crippen LogP contribution is 2.13. The van der Waals surface area contributed by atoms with E-state index in [1.807, 2.05) is 0 Å². The number of carbonyl (C=O) groups is 1. The largest absolute Gasteiger partial charge is 0.583 e. The second-order valence-corrected chi connectivity index (χ2v) is 3.78. The molecule has 0 heterocycles. The number of Topliss-reactive ketones (excluding diaryl/α,β-unsaturated/α-hetero) is 1. The molecule has 0 aliphatic carbocycles. The van der Waals surface area contributed by atoms with Crippen LogP contribution in [0.2, 0.25) is 0 Å². The van der Waals surface area contributed by atoms with E-state index in [0.29, 0.717) is 11.2 Å². The quantitative estimate of drug-likeness (QED) is 0.234. The van der Waals surface area contributed by atoms with Crippen LogP contribution >= 0.6 is 0 Å². The van der Waals surface area contributed by atoms with Crippen molar-refractivity contribution in [2.75, 3.05) is 6.61 Å². The Labute approximate surface area is 108 Å². The summed E-state index contributed by atoms with van der Waals surface area (Å²) in [5.74, 6) is 0.263. The Morgan fingerprint density at radius 1 is 1.44 bits per heavy atom. The van der Waals surface area contributed by atoms with Crippen LogP contribution in [0.4, 0.5) is 0 Å². The number of ketones is 1. The van der Waals surface area contributed by atoms with Crippen molar-refractivity contribution < 1.29 is 19.3 Å². The minimum absolute atomic E-state index is 0.0510. The maximum absolute atomic E-state index is 10.8. The average Bonchev–Trinajstić information content (AvgIpc) is 2.28. The van der Waals surface area contributed by atoms with Gasteiger partial charge in [0.05, 0.1) is 0 Å². The molecule has 0 aromatic heterocycles. The van der Waals surface area contributed by atoms with Crippen LogP contribution in [0.15, 0.2) is 40.7 Å². The zero-order chi connectivity index (χ0) is 14.1. The van der Waals surface area contributed by atoms with Gasteiger partial charge in [0.25, 0.3) is 0 Å². The van der Waals surface area contributed by atoms with E-state index in [1.54, 1.807) is 19.9 Å². The Morgan fingerprint density at radius 3 is 2.44 bits per heavy atom. The minimum atomic E-state index is -1.23. The van der Waals surface area contributed by atoms with Crippen molar-refractivity contribution in [3.63, 3.8) is 0 Å². The van der Waals surface area contributed by atoms with Crippen molar-refractivity contribution in [2.24, 2.45) is 5.16 Å². The summed E-state index contributed by atoms with van der Waals surface area (Å²) in [5, 5.41) is 12.8. The van der Waals surface area contributed by atoms with E-state index in [1.165, 1.54) is 13.0 Å². The summed E-state index contributed by atoms with van der Waals surface area (Å²) in [6, 6.07) is 0. The summed E-state index contributed by atoms with van der Waals surface area (Å²) in [5.41, 5.74) is 1.29. The molecule has 0 unspecified atom stereocenters. The van der Waals surface area contributed by atoms with Gasteiger partial charge in [-0.2, -0.15) is 0 Å². The van der Waals surface area contributed by atoms with Gasteiger partial charge in [0.15, 0.2) is 5.78 Å². The zero-order valence-corrected chi connectivity index (χ0v) is 11.0. The molecule has 0 radical (unpaired) electrons. The Hall–Kier alpha value is -1.82. The number of hydrogen-bond acceptors (Lipinski definition) is 5. The Balaban J connectivity index is 5.02. The lowest BCUT2D eigenvalue weighted by atomic mass is 9.76. The lowest BCUT2D eigenvalue weighted by Crippen LogP contribution is -2.19. The fourth-order valence-electron chi connectivity index (χ4n) is 1.09. The molecule has 5 nitrogen and oxygen atoms in total. The van der Waals surface area contributed by atoms with Gasteiger partial charge in [-0.25, -0.2) is 0 Å². The standard InChI is InChI=1S/C12H18BNO4/c1-6-11(17-8-10(4)15)7-12(9(2)3)13(16)18-14-5/h6-7,16H,1,5,8H2,2-4H3/b11-7+. The van der Waals surface area contributed by atoms with Gasteiger partial charge in [-0.3, -0.25) is 4.79 Å². The predicted molar refractivity (Wildman–Crippen MR) is 71.9 cm³/mol. The van der Waals surface area contributed by atoms with Gasteiger partial charge < -0.3 is 14.5 Å². The van der Waals surface area contributed by atoms with E-state index in [9.17, 15) is 9.82 Å². The van der Waals surface area contributed by atoms with Crippen LogP contribution in [-0.4, -0.2) is 31.3 Å². The normalized spacial score (nSPS) is 10.3. The summed E-state index contributed by atoms with van der Waals surface area (Å²) in [6.45, 7) is 11.7. The van der Waals surface area contributed by atoms with E-state index in [4.69, 9.17) is 4.74 Å². The van der Waals surface area contributed by atoms with Gasteiger partial charge in [0, 0.05) is 12.2 Å². The monoisotopic (exact) mass is 251 g/mol. The zero-order valence-electron chi connectivity index (χ0n) is 11.0. The molecule has 0 aromatic carbocycles. The summed E-state index contributed by atoms with van der Waals surface area (Å²) >= 11 is 0. The van der Waals surface area contributed by atoms with Gasteiger partial charge in [0.2, 0.25) is 0 Å². The van der Waals surface area contributed by atoms with Crippen molar-refractivity contribution in [1.82, 2.24) is 0 Å². The molecule has 0 saturated carbocycles. The van der Waals surface area contributed by atoms with Crippen molar-refractivity contribution in [1.29, 1.82) is 0 Å². The Morgan fingerprint density at radius 2 is 2.06 bits per heavy atom. The number of carbonyl (C=O) groups excluding carboxylic acids is 1. The summed E-state index contributed by atoms with van der Waals surface area (Å²) in [4.78, 5) is 10.8. The summed E-state index contributed by atoms with van der Waals surface area (Å²) < 4.78 is 9.85. The molecule has 0 aliphatic heterocycles. The SMILES string of the molecule is C=C/C(=C\C(B(O)ON=C)=C(C)C)OCC(C)=O. The van der Waals surface area contributed by atoms with E-state index < -0.39 is 7.12 Å². The first-order valence-corrected chi connectivity index (χ1v) is 5.36. The highest BCUT2D eigenvalue weighted by atomic mass is 16.6. The molecular formula is C12H18BNO4. The minimum Gasteiger partial charge on any atom is -0.486 e. The maximum Gasteiger partial charge on any atom is 0.583 e. The van der Waals surface area contributed by atoms with Crippen LogP contribution in [-0.2, 0) is 14.3 Å². The highest BCUT2D eigenvalue weighted by molar-refractivity contribution is 6.53. The second-order valence-electron chi connectivity index (χ2n) is 3.78.